The van der Waals surface area contributed by atoms with Gasteiger partial charge in [0.25, 0.3) is 5.91 Å². The molecule has 5 heteroatoms. The van der Waals surface area contributed by atoms with E-state index in [1.54, 1.807) is 18.3 Å². The van der Waals surface area contributed by atoms with E-state index < -0.39 is 5.82 Å². The maximum absolute atomic E-state index is 13.5. The number of aryl methyl sites for hydroxylation is 1. The molecular formula is C14H14FN3O. The Labute approximate surface area is 110 Å². The number of amides is 1. The number of aromatic nitrogens is 2. The molecule has 98 valence electrons. The van der Waals surface area contributed by atoms with Crippen LogP contribution in [0.2, 0.25) is 0 Å². The summed E-state index contributed by atoms with van der Waals surface area (Å²) < 4.78 is 13.5. The monoisotopic (exact) mass is 259 g/mol. The van der Waals surface area contributed by atoms with Crippen LogP contribution >= 0.6 is 0 Å². The molecule has 1 aromatic carbocycles. The molecule has 1 aliphatic carbocycles. The maximum Gasteiger partial charge on any atom is 0.254 e. The number of aromatic amines is 1. The minimum absolute atomic E-state index is 0.0779. The Kier molecular flexibility index (Phi) is 3.03. The molecule has 0 spiro atoms. The van der Waals surface area contributed by atoms with Gasteiger partial charge in [0.15, 0.2) is 0 Å². The molecule has 0 saturated carbocycles. The molecule has 1 aromatic heterocycles. The smallest absolute Gasteiger partial charge is 0.254 e. The van der Waals surface area contributed by atoms with Crippen molar-refractivity contribution in [1.82, 2.24) is 15.5 Å². The molecule has 1 atom stereocenters. The molecule has 0 saturated heterocycles. The van der Waals surface area contributed by atoms with Crippen LogP contribution in [0.5, 0.6) is 0 Å². The number of nitrogens with zero attached hydrogens (tertiary/aromatic N) is 1. The average Bonchev–Trinajstić information content (AvgIpc) is 2.88. The van der Waals surface area contributed by atoms with E-state index in [1.165, 1.54) is 12.1 Å². The number of hydrogen-bond donors (Lipinski definition) is 2. The zero-order valence-corrected chi connectivity index (χ0v) is 10.3. The molecule has 1 amide bonds. The van der Waals surface area contributed by atoms with Crippen molar-refractivity contribution in [2.24, 2.45) is 0 Å². The van der Waals surface area contributed by atoms with Gasteiger partial charge in [0, 0.05) is 0 Å². The highest BCUT2D eigenvalue weighted by atomic mass is 19.1. The average molecular weight is 259 g/mol. The number of benzene rings is 1. The zero-order chi connectivity index (χ0) is 13.2. The highest BCUT2D eigenvalue weighted by molar-refractivity contribution is 5.94. The van der Waals surface area contributed by atoms with Gasteiger partial charge in [-0.05, 0) is 37.0 Å². The van der Waals surface area contributed by atoms with Crippen molar-refractivity contribution in [3.8, 4) is 0 Å². The lowest BCUT2D eigenvalue weighted by Gasteiger charge is -2.23. The van der Waals surface area contributed by atoms with E-state index in [0.29, 0.717) is 0 Å². The number of rotatable bonds is 2. The summed E-state index contributed by atoms with van der Waals surface area (Å²) in [6, 6.07) is 5.89. The fourth-order valence-corrected chi connectivity index (χ4v) is 2.49. The van der Waals surface area contributed by atoms with Gasteiger partial charge in [0.2, 0.25) is 0 Å². The third-order valence-corrected chi connectivity index (χ3v) is 3.46. The summed E-state index contributed by atoms with van der Waals surface area (Å²) in [4.78, 5) is 12.1. The normalized spacial score (nSPS) is 17.8. The third-order valence-electron chi connectivity index (χ3n) is 3.46. The Morgan fingerprint density at radius 1 is 1.42 bits per heavy atom. The van der Waals surface area contributed by atoms with Crippen LogP contribution in [0.15, 0.2) is 30.5 Å². The van der Waals surface area contributed by atoms with E-state index in [4.69, 9.17) is 0 Å². The highest BCUT2D eigenvalue weighted by Gasteiger charge is 2.24. The van der Waals surface area contributed by atoms with Gasteiger partial charge >= 0.3 is 0 Å². The Morgan fingerprint density at radius 2 is 2.26 bits per heavy atom. The Hall–Kier alpha value is -2.17. The second-order valence-electron chi connectivity index (χ2n) is 4.71. The van der Waals surface area contributed by atoms with Gasteiger partial charge in [0.1, 0.15) is 5.82 Å². The van der Waals surface area contributed by atoms with E-state index in [-0.39, 0.29) is 17.5 Å². The number of nitrogens with one attached hydrogen (secondary N) is 2. The number of hydrogen-bond acceptors (Lipinski definition) is 2. The van der Waals surface area contributed by atoms with Gasteiger partial charge in [-0.15, -0.1) is 0 Å². The molecular weight excluding hydrogens is 245 g/mol. The quantitative estimate of drug-likeness (QED) is 0.869. The molecule has 3 rings (SSSR count). The molecule has 1 heterocycles. The Bertz CT molecular complexity index is 608. The number of fused-ring (bicyclic) bond motifs is 1. The van der Waals surface area contributed by atoms with Gasteiger partial charge < -0.3 is 5.32 Å². The number of carbonyl (C=O) groups is 1. The topological polar surface area (TPSA) is 57.8 Å². The molecule has 0 fully saturated rings. The largest absolute Gasteiger partial charge is 0.344 e. The SMILES string of the molecule is O=C(NC1CCCc2cn[nH]c21)c1ccccc1F. The summed E-state index contributed by atoms with van der Waals surface area (Å²) in [5.41, 5.74) is 2.15. The standard InChI is InChI=1S/C14H14FN3O/c15-11-6-2-1-5-10(11)14(19)17-12-7-3-4-9-8-16-18-13(9)12/h1-2,5-6,8,12H,3-4,7H2,(H,16,18)(H,17,19). The van der Waals surface area contributed by atoms with Crippen molar-refractivity contribution in [2.45, 2.75) is 25.3 Å². The summed E-state index contributed by atoms with van der Waals surface area (Å²) in [5, 5.41) is 9.79. The van der Waals surface area contributed by atoms with Gasteiger partial charge in [-0.2, -0.15) is 5.10 Å². The molecule has 2 aromatic rings. The van der Waals surface area contributed by atoms with Gasteiger partial charge in [-0.25, -0.2) is 4.39 Å². The summed E-state index contributed by atoms with van der Waals surface area (Å²) in [6.07, 6.45) is 4.60. The molecule has 1 aliphatic rings. The van der Waals surface area contributed by atoms with E-state index in [9.17, 15) is 9.18 Å². The lowest BCUT2D eigenvalue weighted by molar-refractivity contribution is 0.0927. The van der Waals surface area contributed by atoms with Crippen LogP contribution in [0, 0.1) is 5.82 Å². The second-order valence-corrected chi connectivity index (χ2v) is 4.71. The first-order valence-electron chi connectivity index (χ1n) is 6.33. The van der Waals surface area contributed by atoms with Gasteiger partial charge in [0.05, 0.1) is 23.5 Å². The fraction of sp³-hybridized carbons (Fsp3) is 0.286. The highest BCUT2D eigenvalue weighted by Crippen LogP contribution is 2.27. The molecule has 19 heavy (non-hydrogen) atoms. The predicted octanol–water partition coefficient (Wildman–Crippen LogP) is 2.36. The molecule has 0 bridgehead atoms. The Balaban J connectivity index is 1.80. The summed E-state index contributed by atoms with van der Waals surface area (Å²) in [6.45, 7) is 0. The number of H-pyrrole nitrogens is 1. The number of carbonyl (C=O) groups excluding carboxylic acids is 1. The van der Waals surface area contributed by atoms with Crippen LogP contribution in [0.4, 0.5) is 4.39 Å². The van der Waals surface area contributed by atoms with Crippen LogP contribution in [-0.4, -0.2) is 16.1 Å². The maximum atomic E-state index is 13.5. The van der Waals surface area contributed by atoms with Crippen LogP contribution in [-0.2, 0) is 6.42 Å². The fourth-order valence-electron chi connectivity index (χ4n) is 2.49. The Morgan fingerprint density at radius 3 is 3.11 bits per heavy atom. The predicted molar refractivity (Wildman–Crippen MR) is 68.1 cm³/mol. The summed E-state index contributed by atoms with van der Waals surface area (Å²) in [5.74, 6) is -0.883. The minimum atomic E-state index is -0.499. The summed E-state index contributed by atoms with van der Waals surface area (Å²) >= 11 is 0. The minimum Gasteiger partial charge on any atom is -0.344 e. The van der Waals surface area contributed by atoms with Crippen molar-refractivity contribution in [1.29, 1.82) is 0 Å². The lowest BCUT2D eigenvalue weighted by Crippen LogP contribution is -2.31. The van der Waals surface area contributed by atoms with Crippen molar-refractivity contribution in [3.05, 3.63) is 53.1 Å². The van der Waals surface area contributed by atoms with Crippen LogP contribution in [0.3, 0.4) is 0 Å². The van der Waals surface area contributed by atoms with E-state index in [1.807, 2.05) is 0 Å². The van der Waals surface area contributed by atoms with Crippen molar-refractivity contribution in [3.63, 3.8) is 0 Å². The van der Waals surface area contributed by atoms with Crippen molar-refractivity contribution >= 4 is 5.91 Å². The van der Waals surface area contributed by atoms with Crippen LogP contribution in [0.1, 0.15) is 40.5 Å². The molecule has 0 radical (unpaired) electrons. The molecule has 4 nitrogen and oxygen atoms in total. The molecule has 1 unspecified atom stereocenters. The van der Waals surface area contributed by atoms with Gasteiger partial charge in [-0.3, -0.25) is 9.89 Å². The first kappa shape index (κ1) is 11.9. The van der Waals surface area contributed by atoms with Crippen molar-refractivity contribution < 1.29 is 9.18 Å². The van der Waals surface area contributed by atoms with Gasteiger partial charge in [-0.1, -0.05) is 12.1 Å². The van der Waals surface area contributed by atoms with Crippen molar-refractivity contribution in [2.75, 3.05) is 0 Å². The van der Waals surface area contributed by atoms with Crippen LogP contribution < -0.4 is 5.32 Å². The van der Waals surface area contributed by atoms with E-state index >= 15 is 0 Å². The van der Waals surface area contributed by atoms with E-state index in [2.05, 4.69) is 15.5 Å². The summed E-state index contributed by atoms with van der Waals surface area (Å²) in [7, 11) is 0. The number of halogens is 1. The second kappa shape index (κ2) is 4.84. The zero-order valence-electron chi connectivity index (χ0n) is 10.3. The lowest BCUT2D eigenvalue weighted by atomic mass is 9.93. The van der Waals surface area contributed by atoms with Crippen LogP contribution in [0.25, 0.3) is 0 Å². The third kappa shape index (κ3) is 2.23. The molecule has 0 aliphatic heterocycles. The first-order valence-corrected chi connectivity index (χ1v) is 6.33. The first-order chi connectivity index (χ1) is 9.25. The molecule has 2 N–H and O–H groups in total. The van der Waals surface area contributed by atoms with E-state index in [0.717, 1.165) is 30.5 Å².